The molecule has 3 unspecified atom stereocenters. The van der Waals surface area contributed by atoms with E-state index in [-0.39, 0.29) is 0 Å². The van der Waals surface area contributed by atoms with Gasteiger partial charge in [-0.15, -0.1) is 0 Å². The first-order valence-electron chi connectivity index (χ1n) is 6.32. The fourth-order valence-corrected chi connectivity index (χ4v) is 3.39. The molecule has 2 bridgehead atoms. The molecule has 0 saturated heterocycles. The maximum absolute atomic E-state index is 8.83. The van der Waals surface area contributed by atoms with Crippen molar-refractivity contribution in [1.29, 1.82) is 5.26 Å². The molecule has 0 aromatic heterocycles. The van der Waals surface area contributed by atoms with E-state index in [0.717, 1.165) is 17.5 Å². The summed E-state index contributed by atoms with van der Waals surface area (Å²) in [6, 6.07) is 8.34. The van der Waals surface area contributed by atoms with E-state index in [0.29, 0.717) is 17.3 Å². The minimum absolute atomic E-state index is 0.559. The molecule has 88 valence electrons. The molecule has 0 radical (unpaired) electrons. The first kappa shape index (κ1) is 10.5. The Balaban J connectivity index is 1.74. The SMILES string of the molecule is N#Cc1ccc(NC2CC3CCC2C3)cc1N. The second-order valence-corrected chi connectivity index (χ2v) is 5.34. The van der Waals surface area contributed by atoms with Gasteiger partial charge in [0.05, 0.1) is 11.3 Å². The number of rotatable bonds is 2. The smallest absolute Gasteiger partial charge is 0.101 e. The molecule has 1 aromatic rings. The van der Waals surface area contributed by atoms with Crippen LogP contribution in [0.3, 0.4) is 0 Å². The van der Waals surface area contributed by atoms with Crippen molar-refractivity contribution in [3.63, 3.8) is 0 Å². The van der Waals surface area contributed by atoms with Gasteiger partial charge in [0.25, 0.3) is 0 Å². The van der Waals surface area contributed by atoms with Crippen molar-refractivity contribution in [2.45, 2.75) is 31.7 Å². The zero-order valence-corrected chi connectivity index (χ0v) is 9.82. The third-order valence-corrected chi connectivity index (χ3v) is 4.26. The van der Waals surface area contributed by atoms with Crippen LogP contribution in [0.25, 0.3) is 0 Å². The van der Waals surface area contributed by atoms with E-state index in [1.54, 1.807) is 6.07 Å². The van der Waals surface area contributed by atoms with E-state index in [9.17, 15) is 0 Å². The van der Waals surface area contributed by atoms with Crippen molar-refractivity contribution in [3.05, 3.63) is 23.8 Å². The molecule has 0 aliphatic heterocycles. The molecule has 17 heavy (non-hydrogen) atoms. The van der Waals surface area contributed by atoms with Gasteiger partial charge in [-0.05, 0) is 49.3 Å². The Kier molecular flexibility index (Phi) is 2.44. The number of benzene rings is 1. The lowest BCUT2D eigenvalue weighted by Gasteiger charge is -2.24. The minimum atomic E-state index is 0.559. The Bertz CT molecular complexity index is 475. The maximum atomic E-state index is 8.83. The van der Waals surface area contributed by atoms with E-state index >= 15 is 0 Å². The Morgan fingerprint density at radius 2 is 2.18 bits per heavy atom. The molecule has 3 rings (SSSR count). The second-order valence-electron chi connectivity index (χ2n) is 5.34. The predicted molar refractivity (Wildman–Crippen MR) is 68.4 cm³/mol. The Morgan fingerprint density at radius 1 is 1.29 bits per heavy atom. The highest BCUT2D eigenvalue weighted by Gasteiger charge is 2.39. The van der Waals surface area contributed by atoms with Crippen molar-refractivity contribution >= 4 is 11.4 Å². The molecular weight excluding hydrogens is 210 g/mol. The van der Waals surface area contributed by atoms with E-state index in [1.807, 2.05) is 12.1 Å². The zero-order chi connectivity index (χ0) is 11.8. The van der Waals surface area contributed by atoms with Crippen LogP contribution in [-0.2, 0) is 0 Å². The normalized spacial score (nSPS) is 30.2. The summed E-state index contributed by atoms with van der Waals surface area (Å²) in [5, 5.41) is 12.4. The quantitative estimate of drug-likeness (QED) is 0.764. The third-order valence-electron chi connectivity index (χ3n) is 4.26. The maximum Gasteiger partial charge on any atom is 0.101 e. The zero-order valence-electron chi connectivity index (χ0n) is 9.82. The predicted octanol–water partition coefficient (Wildman–Crippen LogP) is 2.74. The molecular formula is C14H17N3. The molecule has 2 fully saturated rings. The Morgan fingerprint density at radius 3 is 2.76 bits per heavy atom. The summed E-state index contributed by atoms with van der Waals surface area (Å²) in [6.07, 6.45) is 5.47. The molecule has 3 N–H and O–H groups in total. The second kappa shape index (κ2) is 3.96. The molecule has 3 nitrogen and oxygen atoms in total. The average Bonchev–Trinajstić information content (AvgIpc) is 2.91. The number of nitrogen functional groups attached to an aromatic ring is 1. The number of hydrogen-bond acceptors (Lipinski definition) is 3. The van der Waals surface area contributed by atoms with E-state index in [4.69, 9.17) is 11.0 Å². The molecule has 3 atom stereocenters. The van der Waals surface area contributed by atoms with Gasteiger partial charge in [-0.2, -0.15) is 5.26 Å². The van der Waals surface area contributed by atoms with Crippen molar-refractivity contribution < 1.29 is 0 Å². The van der Waals surface area contributed by atoms with E-state index < -0.39 is 0 Å². The number of nitrogens with one attached hydrogen (secondary N) is 1. The van der Waals surface area contributed by atoms with Crippen LogP contribution in [0.5, 0.6) is 0 Å². The van der Waals surface area contributed by atoms with Crippen molar-refractivity contribution in [3.8, 4) is 6.07 Å². The third kappa shape index (κ3) is 1.84. The monoisotopic (exact) mass is 227 g/mol. The van der Waals surface area contributed by atoms with E-state index in [2.05, 4.69) is 11.4 Å². The highest BCUT2D eigenvalue weighted by atomic mass is 14.9. The molecule has 1 aromatic carbocycles. The molecule has 2 saturated carbocycles. The summed E-state index contributed by atoms with van der Waals surface area (Å²) in [4.78, 5) is 0. The van der Waals surface area contributed by atoms with Crippen LogP contribution >= 0.6 is 0 Å². The first-order valence-corrected chi connectivity index (χ1v) is 6.32. The highest BCUT2D eigenvalue weighted by Crippen LogP contribution is 2.45. The summed E-state index contributed by atoms with van der Waals surface area (Å²) >= 11 is 0. The molecule has 3 heteroatoms. The summed E-state index contributed by atoms with van der Waals surface area (Å²) in [6.45, 7) is 0. The molecule has 0 spiro atoms. The molecule has 0 amide bonds. The first-order chi connectivity index (χ1) is 8.26. The van der Waals surface area contributed by atoms with Crippen LogP contribution in [0.4, 0.5) is 11.4 Å². The Labute approximate surface area is 102 Å². The van der Waals surface area contributed by atoms with Crippen LogP contribution < -0.4 is 11.1 Å². The standard InChI is InChI=1S/C14H17N3/c15-8-11-3-4-12(7-13(11)16)17-14-6-9-1-2-10(14)5-9/h3-4,7,9-10,14,17H,1-2,5-6,16H2. The molecule has 2 aliphatic rings. The largest absolute Gasteiger partial charge is 0.398 e. The summed E-state index contributed by atoms with van der Waals surface area (Å²) < 4.78 is 0. The number of hydrogen-bond donors (Lipinski definition) is 2. The van der Waals surface area contributed by atoms with Gasteiger partial charge >= 0.3 is 0 Å². The van der Waals surface area contributed by atoms with Crippen LogP contribution in [-0.4, -0.2) is 6.04 Å². The lowest BCUT2D eigenvalue weighted by atomic mass is 9.95. The summed E-state index contributed by atoms with van der Waals surface area (Å²) in [7, 11) is 0. The van der Waals surface area contributed by atoms with Crippen molar-refractivity contribution in [1.82, 2.24) is 0 Å². The number of anilines is 2. The van der Waals surface area contributed by atoms with Crippen LogP contribution in [0.1, 0.15) is 31.2 Å². The highest BCUT2D eigenvalue weighted by molar-refractivity contribution is 5.63. The fraction of sp³-hybridized carbons (Fsp3) is 0.500. The van der Waals surface area contributed by atoms with Crippen LogP contribution in [0.2, 0.25) is 0 Å². The van der Waals surface area contributed by atoms with Gasteiger partial charge in [-0.3, -0.25) is 0 Å². The number of nitriles is 1. The van der Waals surface area contributed by atoms with Gasteiger partial charge in [0.2, 0.25) is 0 Å². The lowest BCUT2D eigenvalue weighted by Crippen LogP contribution is -2.25. The summed E-state index contributed by atoms with van der Waals surface area (Å²) in [5.74, 6) is 1.78. The van der Waals surface area contributed by atoms with Gasteiger partial charge < -0.3 is 11.1 Å². The van der Waals surface area contributed by atoms with Crippen LogP contribution in [0, 0.1) is 23.2 Å². The van der Waals surface area contributed by atoms with Gasteiger partial charge in [0.1, 0.15) is 6.07 Å². The van der Waals surface area contributed by atoms with Crippen molar-refractivity contribution in [2.75, 3.05) is 11.1 Å². The fourth-order valence-electron chi connectivity index (χ4n) is 3.39. The number of nitrogens with zero attached hydrogens (tertiary/aromatic N) is 1. The number of fused-ring (bicyclic) bond motifs is 2. The average molecular weight is 227 g/mol. The van der Waals surface area contributed by atoms with Crippen molar-refractivity contribution in [2.24, 2.45) is 11.8 Å². The summed E-state index contributed by atoms with van der Waals surface area (Å²) in [5.41, 5.74) is 8.00. The lowest BCUT2D eigenvalue weighted by molar-refractivity contribution is 0.440. The number of nitrogens with two attached hydrogens (primary N) is 1. The van der Waals surface area contributed by atoms with Gasteiger partial charge in [-0.25, -0.2) is 0 Å². The van der Waals surface area contributed by atoms with E-state index in [1.165, 1.54) is 25.7 Å². The minimum Gasteiger partial charge on any atom is -0.398 e. The topological polar surface area (TPSA) is 61.8 Å². The Hall–Kier alpha value is -1.69. The van der Waals surface area contributed by atoms with Gasteiger partial charge in [0, 0.05) is 11.7 Å². The van der Waals surface area contributed by atoms with Gasteiger partial charge in [0.15, 0.2) is 0 Å². The molecule has 2 aliphatic carbocycles. The molecule has 0 heterocycles. The van der Waals surface area contributed by atoms with Crippen LogP contribution in [0.15, 0.2) is 18.2 Å². The van der Waals surface area contributed by atoms with Gasteiger partial charge in [-0.1, -0.05) is 6.42 Å².